The first-order valence-electron chi connectivity index (χ1n) is 4.67. The molecule has 0 atom stereocenters. The van der Waals surface area contributed by atoms with Crippen LogP contribution in [0.5, 0.6) is 0 Å². The Balaban J connectivity index is 1.86. The highest BCUT2D eigenvalue weighted by Gasteiger charge is 2.24. The molecule has 1 saturated heterocycles. The zero-order valence-corrected chi connectivity index (χ0v) is 7.85. The van der Waals surface area contributed by atoms with Crippen LogP contribution < -0.4 is 0 Å². The van der Waals surface area contributed by atoms with Crippen LogP contribution in [0.3, 0.4) is 0 Å². The lowest BCUT2D eigenvalue weighted by Gasteiger charge is -2.33. The van der Waals surface area contributed by atoms with Crippen LogP contribution in [0.15, 0.2) is 4.99 Å². The number of nitrogens with zero attached hydrogens (tertiary/aromatic N) is 3. The minimum absolute atomic E-state index is 0.526. The second-order valence-electron chi connectivity index (χ2n) is 3.27. The highest BCUT2D eigenvalue weighted by molar-refractivity contribution is 5.75. The maximum atomic E-state index is 10.6. The van der Waals surface area contributed by atoms with Gasteiger partial charge in [-0.25, -0.2) is 9.79 Å². The molecule has 0 aromatic carbocycles. The van der Waals surface area contributed by atoms with Gasteiger partial charge in [-0.1, -0.05) is 0 Å². The number of piperazine rings is 1. The summed E-state index contributed by atoms with van der Waals surface area (Å²) in [7, 11) is 0. The van der Waals surface area contributed by atoms with E-state index in [9.17, 15) is 4.79 Å². The van der Waals surface area contributed by atoms with Gasteiger partial charge in [0.25, 0.3) is 6.02 Å². The first-order chi connectivity index (χ1) is 6.77. The molecule has 0 aliphatic carbocycles. The van der Waals surface area contributed by atoms with E-state index in [4.69, 9.17) is 9.84 Å². The summed E-state index contributed by atoms with van der Waals surface area (Å²) in [6, 6.07) is 0.676. The van der Waals surface area contributed by atoms with Gasteiger partial charge in [0.1, 0.15) is 6.61 Å². The fourth-order valence-electron chi connectivity index (χ4n) is 1.60. The third kappa shape index (κ3) is 1.73. The third-order valence-corrected chi connectivity index (χ3v) is 2.39. The Morgan fingerprint density at radius 3 is 2.57 bits per heavy atom. The fraction of sp³-hybridized carbons (Fsp3) is 0.750. The van der Waals surface area contributed by atoms with Crippen molar-refractivity contribution in [1.29, 1.82) is 0 Å². The van der Waals surface area contributed by atoms with Crippen molar-refractivity contribution in [2.75, 3.05) is 39.3 Å². The molecule has 78 valence electrons. The zero-order valence-electron chi connectivity index (χ0n) is 7.85. The number of rotatable bonds is 0. The van der Waals surface area contributed by atoms with Crippen molar-refractivity contribution in [1.82, 2.24) is 9.80 Å². The topological polar surface area (TPSA) is 65.4 Å². The molecule has 6 heteroatoms. The van der Waals surface area contributed by atoms with Gasteiger partial charge in [-0.2, -0.15) is 0 Å². The average Bonchev–Trinajstić information content (AvgIpc) is 2.71. The predicted molar refractivity (Wildman–Crippen MR) is 49.4 cm³/mol. The molecule has 2 heterocycles. The molecule has 0 unspecified atom stereocenters. The standard InChI is InChI=1S/C8H13N3O3/c12-8(13)11-4-2-10(3-5-11)7-9-1-6-14-7/h1-6H2,(H,12,13). The van der Waals surface area contributed by atoms with Crippen LogP contribution in [0.1, 0.15) is 0 Å². The Morgan fingerprint density at radius 2 is 2.07 bits per heavy atom. The minimum atomic E-state index is -0.848. The Morgan fingerprint density at radius 1 is 1.36 bits per heavy atom. The Kier molecular flexibility index (Phi) is 2.43. The van der Waals surface area contributed by atoms with Crippen molar-refractivity contribution < 1.29 is 14.6 Å². The summed E-state index contributed by atoms with van der Waals surface area (Å²) < 4.78 is 5.30. The summed E-state index contributed by atoms with van der Waals surface area (Å²) in [6.45, 7) is 3.76. The van der Waals surface area contributed by atoms with Crippen LogP contribution in [-0.2, 0) is 4.74 Å². The number of ether oxygens (including phenoxy) is 1. The second kappa shape index (κ2) is 3.73. The number of amides is 1. The zero-order chi connectivity index (χ0) is 9.97. The van der Waals surface area contributed by atoms with Gasteiger partial charge in [0.05, 0.1) is 6.54 Å². The Labute approximate surface area is 81.8 Å². The molecule has 14 heavy (non-hydrogen) atoms. The number of carbonyl (C=O) groups is 1. The van der Waals surface area contributed by atoms with Gasteiger partial charge in [0.15, 0.2) is 0 Å². The van der Waals surface area contributed by atoms with Crippen molar-refractivity contribution in [2.24, 2.45) is 4.99 Å². The van der Waals surface area contributed by atoms with E-state index in [0.717, 1.165) is 0 Å². The van der Waals surface area contributed by atoms with Gasteiger partial charge in [0.2, 0.25) is 0 Å². The van der Waals surface area contributed by atoms with Gasteiger partial charge in [-0.3, -0.25) is 0 Å². The molecule has 1 fully saturated rings. The highest BCUT2D eigenvalue weighted by atomic mass is 16.5. The highest BCUT2D eigenvalue weighted by Crippen LogP contribution is 2.06. The van der Waals surface area contributed by atoms with E-state index in [1.165, 1.54) is 4.90 Å². The second-order valence-corrected chi connectivity index (χ2v) is 3.27. The number of carboxylic acid groups (broad SMARTS) is 1. The molecule has 2 aliphatic heterocycles. The maximum Gasteiger partial charge on any atom is 0.407 e. The summed E-state index contributed by atoms with van der Waals surface area (Å²) in [5.41, 5.74) is 0. The van der Waals surface area contributed by atoms with E-state index in [1.807, 2.05) is 4.90 Å². The molecule has 2 aliphatic rings. The molecule has 0 saturated carbocycles. The summed E-state index contributed by atoms with van der Waals surface area (Å²) >= 11 is 0. The van der Waals surface area contributed by atoms with E-state index in [-0.39, 0.29) is 0 Å². The quantitative estimate of drug-likeness (QED) is 0.580. The lowest BCUT2D eigenvalue weighted by Crippen LogP contribution is -2.50. The minimum Gasteiger partial charge on any atom is -0.465 e. The Hall–Kier alpha value is -1.46. The first-order valence-corrected chi connectivity index (χ1v) is 4.67. The van der Waals surface area contributed by atoms with E-state index in [2.05, 4.69) is 4.99 Å². The number of hydrogen-bond donors (Lipinski definition) is 1. The SMILES string of the molecule is O=C(O)N1CCN(C2=NCCO2)CC1. The molecular weight excluding hydrogens is 186 g/mol. The van der Waals surface area contributed by atoms with E-state index < -0.39 is 6.09 Å². The Bertz CT molecular complexity index is 259. The van der Waals surface area contributed by atoms with Crippen molar-refractivity contribution in [3.05, 3.63) is 0 Å². The molecule has 0 spiro atoms. The van der Waals surface area contributed by atoms with Crippen molar-refractivity contribution in [3.63, 3.8) is 0 Å². The van der Waals surface area contributed by atoms with E-state index in [1.54, 1.807) is 0 Å². The van der Waals surface area contributed by atoms with Crippen LogP contribution in [0, 0.1) is 0 Å². The van der Waals surface area contributed by atoms with Crippen LogP contribution in [0.25, 0.3) is 0 Å². The molecule has 0 aromatic heterocycles. The lowest BCUT2D eigenvalue weighted by atomic mass is 10.3. The van der Waals surface area contributed by atoms with Crippen LogP contribution >= 0.6 is 0 Å². The monoisotopic (exact) mass is 199 g/mol. The maximum absolute atomic E-state index is 10.6. The van der Waals surface area contributed by atoms with Gasteiger partial charge in [-0.15, -0.1) is 0 Å². The normalized spacial score (nSPS) is 21.9. The van der Waals surface area contributed by atoms with Gasteiger partial charge < -0.3 is 19.6 Å². The number of hydrogen-bond acceptors (Lipinski definition) is 4. The largest absolute Gasteiger partial charge is 0.465 e. The van der Waals surface area contributed by atoms with E-state index >= 15 is 0 Å². The molecule has 1 N–H and O–H groups in total. The van der Waals surface area contributed by atoms with Crippen molar-refractivity contribution in [2.45, 2.75) is 0 Å². The van der Waals surface area contributed by atoms with Crippen LogP contribution in [0.2, 0.25) is 0 Å². The molecule has 0 aromatic rings. The van der Waals surface area contributed by atoms with Crippen LogP contribution in [-0.4, -0.2) is 66.4 Å². The molecule has 6 nitrogen and oxygen atoms in total. The van der Waals surface area contributed by atoms with Gasteiger partial charge in [0, 0.05) is 26.2 Å². The van der Waals surface area contributed by atoms with Gasteiger partial charge in [-0.05, 0) is 0 Å². The van der Waals surface area contributed by atoms with Gasteiger partial charge >= 0.3 is 6.09 Å². The summed E-state index contributed by atoms with van der Waals surface area (Å²) in [6.07, 6.45) is -0.848. The summed E-state index contributed by atoms with van der Waals surface area (Å²) in [5, 5.41) is 8.74. The van der Waals surface area contributed by atoms with Crippen LogP contribution in [0.4, 0.5) is 4.79 Å². The summed E-state index contributed by atoms with van der Waals surface area (Å²) in [4.78, 5) is 18.2. The molecule has 2 rings (SSSR count). The molecule has 1 amide bonds. The number of amidine groups is 1. The fourth-order valence-corrected chi connectivity index (χ4v) is 1.60. The average molecular weight is 199 g/mol. The molecule has 0 radical (unpaired) electrons. The van der Waals surface area contributed by atoms with Crippen molar-refractivity contribution >= 4 is 12.1 Å². The predicted octanol–water partition coefficient (Wildman–Crippen LogP) is -0.332. The first kappa shape index (κ1) is 9.11. The third-order valence-electron chi connectivity index (χ3n) is 2.39. The lowest BCUT2D eigenvalue weighted by molar-refractivity contribution is 0.117. The number of aliphatic imine (C=N–C) groups is 1. The van der Waals surface area contributed by atoms with E-state index in [0.29, 0.717) is 45.4 Å². The smallest absolute Gasteiger partial charge is 0.407 e. The molecule has 0 bridgehead atoms. The summed E-state index contributed by atoms with van der Waals surface area (Å²) in [5.74, 6) is 0. The molecular formula is C8H13N3O3. The van der Waals surface area contributed by atoms with Crippen molar-refractivity contribution in [3.8, 4) is 0 Å².